The van der Waals surface area contributed by atoms with E-state index in [2.05, 4.69) is 14.9 Å². The van der Waals surface area contributed by atoms with Crippen LogP contribution in [-0.2, 0) is 9.53 Å². The number of nitrogens with zero attached hydrogens (tertiary/aromatic N) is 3. The molecule has 2 aromatic rings. The number of carbonyl (C=O) groups excluding carboxylic acids is 1. The molecule has 1 fully saturated rings. The molecule has 23 heavy (non-hydrogen) atoms. The van der Waals surface area contributed by atoms with E-state index in [1.807, 2.05) is 0 Å². The fourth-order valence-corrected chi connectivity index (χ4v) is 2.53. The molecule has 2 heterocycles. The van der Waals surface area contributed by atoms with Crippen molar-refractivity contribution in [2.45, 2.75) is 6.92 Å². The number of benzene rings is 1. The minimum absolute atomic E-state index is 0.389. The highest BCUT2D eigenvalue weighted by Crippen LogP contribution is 2.32. The highest BCUT2D eigenvalue weighted by molar-refractivity contribution is 6.31. The van der Waals surface area contributed by atoms with Gasteiger partial charge >= 0.3 is 5.97 Å². The normalized spacial score (nSPS) is 14.6. The lowest BCUT2D eigenvalue weighted by Crippen LogP contribution is -2.37. The molecule has 1 saturated heterocycles. The number of anilines is 1. The van der Waals surface area contributed by atoms with Gasteiger partial charge in [-0.25, -0.2) is 9.97 Å². The summed E-state index contributed by atoms with van der Waals surface area (Å²) in [5.41, 5.74) is 1.42. The van der Waals surface area contributed by atoms with Gasteiger partial charge in [-0.05, 0) is 18.2 Å². The zero-order valence-electron chi connectivity index (χ0n) is 12.7. The average Bonchev–Trinajstić information content (AvgIpc) is 2.57. The Bertz CT molecular complexity index is 700. The third-order valence-electron chi connectivity index (χ3n) is 3.44. The molecule has 0 saturated carbocycles. The Morgan fingerprint density at radius 1 is 1.26 bits per heavy atom. The first-order valence-electron chi connectivity index (χ1n) is 7.26. The summed E-state index contributed by atoms with van der Waals surface area (Å²) in [5, 5.41) is 0.549. The summed E-state index contributed by atoms with van der Waals surface area (Å²) in [6, 6.07) is 5.06. The van der Waals surface area contributed by atoms with E-state index in [9.17, 15) is 4.79 Å². The van der Waals surface area contributed by atoms with E-state index in [4.69, 9.17) is 21.1 Å². The lowest BCUT2D eigenvalue weighted by atomic mass is 10.1. The van der Waals surface area contributed by atoms with E-state index in [0.717, 1.165) is 18.7 Å². The van der Waals surface area contributed by atoms with Crippen molar-refractivity contribution in [1.29, 1.82) is 0 Å². The number of hydrogen-bond donors (Lipinski definition) is 0. The van der Waals surface area contributed by atoms with E-state index in [1.54, 1.807) is 30.6 Å². The molecule has 7 heteroatoms. The molecule has 0 atom stereocenters. The molecule has 0 bridgehead atoms. The maximum atomic E-state index is 11.2. The maximum absolute atomic E-state index is 11.2. The predicted molar refractivity (Wildman–Crippen MR) is 86.8 cm³/mol. The van der Waals surface area contributed by atoms with Crippen LogP contribution < -0.4 is 9.64 Å². The average molecular weight is 334 g/mol. The first-order valence-corrected chi connectivity index (χ1v) is 7.64. The number of esters is 1. The van der Waals surface area contributed by atoms with Crippen molar-refractivity contribution in [3.8, 4) is 16.9 Å². The summed E-state index contributed by atoms with van der Waals surface area (Å²) >= 11 is 6.05. The van der Waals surface area contributed by atoms with E-state index >= 15 is 0 Å². The Balaban J connectivity index is 1.89. The molecule has 6 nitrogen and oxygen atoms in total. The number of ether oxygens (including phenoxy) is 2. The number of morpholine rings is 1. The SMILES string of the molecule is CC(=O)Oc1ccc(Cl)cc1-c1cnc(N2CCOCC2)nc1. The number of aromatic nitrogens is 2. The van der Waals surface area contributed by atoms with Crippen molar-refractivity contribution < 1.29 is 14.3 Å². The Kier molecular flexibility index (Phi) is 4.73. The zero-order chi connectivity index (χ0) is 16.2. The summed E-state index contributed by atoms with van der Waals surface area (Å²) in [7, 11) is 0. The fourth-order valence-electron chi connectivity index (χ4n) is 2.36. The second-order valence-electron chi connectivity index (χ2n) is 5.11. The number of hydrogen-bond acceptors (Lipinski definition) is 6. The van der Waals surface area contributed by atoms with Crippen molar-refractivity contribution in [3.63, 3.8) is 0 Å². The molecule has 0 radical (unpaired) electrons. The molecule has 0 unspecified atom stereocenters. The number of rotatable bonds is 3. The Morgan fingerprint density at radius 3 is 2.61 bits per heavy atom. The van der Waals surface area contributed by atoms with Gasteiger partial charge in [-0.3, -0.25) is 4.79 Å². The van der Waals surface area contributed by atoms with Crippen LogP contribution in [0.2, 0.25) is 5.02 Å². The van der Waals surface area contributed by atoms with E-state index in [1.165, 1.54) is 6.92 Å². The Labute approximate surface area is 139 Å². The second kappa shape index (κ2) is 6.93. The molecule has 0 aliphatic carbocycles. The Morgan fingerprint density at radius 2 is 1.96 bits per heavy atom. The van der Waals surface area contributed by atoms with Gasteiger partial charge < -0.3 is 14.4 Å². The number of halogens is 1. The molecular formula is C16H16ClN3O3. The quantitative estimate of drug-likeness (QED) is 0.635. The van der Waals surface area contributed by atoms with Crippen LogP contribution in [0.3, 0.4) is 0 Å². The molecule has 0 amide bonds. The molecule has 0 spiro atoms. The van der Waals surface area contributed by atoms with Crippen LogP contribution in [0.25, 0.3) is 11.1 Å². The molecular weight excluding hydrogens is 318 g/mol. The fraction of sp³-hybridized carbons (Fsp3) is 0.312. The third kappa shape index (κ3) is 3.78. The van der Waals surface area contributed by atoms with Crippen molar-refractivity contribution in [2.24, 2.45) is 0 Å². The lowest BCUT2D eigenvalue weighted by Gasteiger charge is -2.26. The highest BCUT2D eigenvalue weighted by Gasteiger charge is 2.15. The third-order valence-corrected chi connectivity index (χ3v) is 3.67. The molecule has 3 rings (SSSR count). The van der Waals surface area contributed by atoms with Crippen molar-refractivity contribution >= 4 is 23.5 Å². The van der Waals surface area contributed by atoms with Gasteiger partial charge in [0.2, 0.25) is 5.95 Å². The van der Waals surface area contributed by atoms with Crippen molar-refractivity contribution in [3.05, 3.63) is 35.6 Å². The van der Waals surface area contributed by atoms with E-state index in [-0.39, 0.29) is 5.97 Å². The van der Waals surface area contributed by atoms with Gasteiger partial charge in [-0.15, -0.1) is 0 Å². The molecule has 120 valence electrons. The standard InChI is InChI=1S/C16H16ClN3O3/c1-11(21)23-15-3-2-13(17)8-14(15)12-9-18-16(19-10-12)20-4-6-22-7-5-20/h2-3,8-10H,4-7H2,1H3. The van der Waals surface area contributed by atoms with Gasteiger partial charge in [0.15, 0.2) is 0 Å². The van der Waals surface area contributed by atoms with Gasteiger partial charge in [0.05, 0.1) is 13.2 Å². The molecule has 1 aromatic carbocycles. The monoisotopic (exact) mass is 333 g/mol. The van der Waals surface area contributed by atoms with Crippen LogP contribution in [0.15, 0.2) is 30.6 Å². The van der Waals surface area contributed by atoms with Crippen molar-refractivity contribution in [2.75, 3.05) is 31.2 Å². The van der Waals surface area contributed by atoms with Gasteiger partial charge in [0, 0.05) is 48.6 Å². The van der Waals surface area contributed by atoms with Crippen LogP contribution in [0.5, 0.6) is 5.75 Å². The molecule has 0 N–H and O–H groups in total. The van der Waals surface area contributed by atoms with Gasteiger partial charge in [0.25, 0.3) is 0 Å². The van der Waals surface area contributed by atoms with Gasteiger partial charge in [-0.1, -0.05) is 11.6 Å². The highest BCUT2D eigenvalue weighted by atomic mass is 35.5. The first-order chi connectivity index (χ1) is 11.1. The van der Waals surface area contributed by atoms with Crippen LogP contribution in [-0.4, -0.2) is 42.2 Å². The van der Waals surface area contributed by atoms with E-state index in [0.29, 0.717) is 35.5 Å². The maximum Gasteiger partial charge on any atom is 0.308 e. The first kappa shape index (κ1) is 15.7. The zero-order valence-corrected chi connectivity index (χ0v) is 13.4. The lowest BCUT2D eigenvalue weighted by molar-refractivity contribution is -0.131. The van der Waals surface area contributed by atoms with Crippen LogP contribution >= 0.6 is 11.6 Å². The number of carbonyl (C=O) groups is 1. The smallest absolute Gasteiger partial charge is 0.308 e. The van der Waals surface area contributed by atoms with Crippen molar-refractivity contribution in [1.82, 2.24) is 9.97 Å². The minimum atomic E-state index is -0.389. The minimum Gasteiger partial charge on any atom is -0.426 e. The summed E-state index contributed by atoms with van der Waals surface area (Å²) in [6.07, 6.45) is 3.41. The predicted octanol–water partition coefficient (Wildman–Crippen LogP) is 2.56. The summed E-state index contributed by atoms with van der Waals surface area (Å²) in [5.74, 6) is 0.706. The molecule has 1 aliphatic rings. The van der Waals surface area contributed by atoms with E-state index < -0.39 is 0 Å². The molecule has 1 aromatic heterocycles. The summed E-state index contributed by atoms with van der Waals surface area (Å²) in [6.45, 7) is 4.26. The largest absolute Gasteiger partial charge is 0.426 e. The Hall–Kier alpha value is -2.18. The van der Waals surface area contributed by atoms with Crippen LogP contribution in [0.4, 0.5) is 5.95 Å². The van der Waals surface area contributed by atoms with Gasteiger partial charge in [-0.2, -0.15) is 0 Å². The van der Waals surface area contributed by atoms with Crippen LogP contribution in [0.1, 0.15) is 6.92 Å². The van der Waals surface area contributed by atoms with Crippen LogP contribution in [0, 0.1) is 0 Å². The summed E-state index contributed by atoms with van der Waals surface area (Å²) in [4.78, 5) is 22.1. The second-order valence-corrected chi connectivity index (χ2v) is 5.54. The van der Waals surface area contributed by atoms with Gasteiger partial charge in [0.1, 0.15) is 5.75 Å². The molecule has 1 aliphatic heterocycles. The summed E-state index contributed by atoms with van der Waals surface area (Å²) < 4.78 is 10.5. The topological polar surface area (TPSA) is 64.5 Å².